The number of allylic oxidation sites excluding steroid dienone is 1. The van der Waals surface area contributed by atoms with E-state index < -0.39 is 40.8 Å². The van der Waals surface area contributed by atoms with Crippen molar-refractivity contribution < 1.29 is 26.7 Å². The third-order valence-electron chi connectivity index (χ3n) is 5.95. The van der Waals surface area contributed by atoms with Crippen LogP contribution in [-0.4, -0.2) is 6.17 Å². The van der Waals surface area contributed by atoms with Crippen LogP contribution >= 0.6 is 0 Å². The Balaban J connectivity index is 1.67. The van der Waals surface area contributed by atoms with Gasteiger partial charge < -0.3 is 4.74 Å². The van der Waals surface area contributed by atoms with Gasteiger partial charge in [-0.2, -0.15) is 14.0 Å². The minimum Gasteiger partial charge on any atom is -0.429 e. The average molecular weight is 449 g/mol. The number of nitrogens with zero attached hydrogens (tertiary/aromatic N) is 1. The van der Waals surface area contributed by atoms with Crippen molar-refractivity contribution in [3.05, 3.63) is 77.4 Å². The van der Waals surface area contributed by atoms with Crippen molar-refractivity contribution in [2.45, 2.75) is 56.7 Å². The van der Waals surface area contributed by atoms with Gasteiger partial charge in [-0.3, -0.25) is 0 Å². The number of hydrogen-bond acceptors (Lipinski definition) is 2. The predicted molar refractivity (Wildman–Crippen MR) is 111 cm³/mol. The zero-order valence-electron chi connectivity index (χ0n) is 17.5. The van der Waals surface area contributed by atoms with Gasteiger partial charge in [0, 0.05) is 18.1 Å². The van der Waals surface area contributed by atoms with E-state index in [2.05, 4.69) is 11.3 Å². The van der Waals surface area contributed by atoms with E-state index in [0.29, 0.717) is 36.5 Å². The summed E-state index contributed by atoms with van der Waals surface area (Å²) in [6.07, 6.45) is 1.80. The number of ether oxygens (including phenoxy) is 1. The summed E-state index contributed by atoms with van der Waals surface area (Å²) in [5, 5.41) is 8.67. The van der Waals surface area contributed by atoms with Gasteiger partial charge in [0.25, 0.3) is 0 Å². The standard InChI is InChI=1S/C25H24F5NO/c1-2-3-4-5-16-6-11-20(22(26)12-16)17-7-9-18(10-8-17)25(29,30)32-19-13-23(27)21(15-31)24(28)14-19/h2,7-10,13-14,16,20,22H,1,3-6,11-12H2. The maximum absolute atomic E-state index is 14.8. The SMILES string of the molecule is C=CCCCC1CCC(c2ccc(C(F)(F)Oc3cc(F)c(C#N)c(F)c3)cc2)C(F)C1. The number of unbranched alkanes of at least 4 members (excludes halogenated alkanes) is 1. The van der Waals surface area contributed by atoms with Crippen molar-refractivity contribution >= 4 is 0 Å². The zero-order chi connectivity index (χ0) is 23.3. The van der Waals surface area contributed by atoms with Gasteiger partial charge in [0.2, 0.25) is 0 Å². The van der Waals surface area contributed by atoms with E-state index in [1.165, 1.54) is 18.2 Å². The number of nitriles is 1. The lowest BCUT2D eigenvalue weighted by molar-refractivity contribution is -0.185. The summed E-state index contributed by atoms with van der Waals surface area (Å²) in [6, 6.07) is 7.54. The van der Waals surface area contributed by atoms with Crippen LogP contribution in [-0.2, 0) is 6.11 Å². The van der Waals surface area contributed by atoms with Crippen LogP contribution in [0.15, 0.2) is 49.1 Å². The largest absolute Gasteiger partial charge is 0.429 e. The Morgan fingerprint density at radius 3 is 2.34 bits per heavy atom. The Kier molecular flexibility index (Phi) is 7.55. The number of benzene rings is 2. The van der Waals surface area contributed by atoms with Crippen molar-refractivity contribution in [3.8, 4) is 11.8 Å². The van der Waals surface area contributed by atoms with Gasteiger partial charge in [-0.15, -0.1) is 6.58 Å². The fourth-order valence-corrected chi connectivity index (χ4v) is 4.23. The molecule has 0 spiro atoms. The summed E-state index contributed by atoms with van der Waals surface area (Å²) in [5.41, 5.74) is -0.766. The molecule has 0 N–H and O–H groups in total. The summed E-state index contributed by atoms with van der Waals surface area (Å²) >= 11 is 0. The Bertz CT molecular complexity index is 960. The summed E-state index contributed by atoms with van der Waals surface area (Å²) in [7, 11) is 0. The van der Waals surface area contributed by atoms with E-state index in [0.717, 1.165) is 37.8 Å². The molecular formula is C25H24F5NO. The monoisotopic (exact) mass is 449 g/mol. The van der Waals surface area contributed by atoms with Crippen LogP contribution < -0.4 is 4.74 Å². The van der Waals surface area contributed by atoms with E-state index in [1.54, 1.807) is 0 Å². The number of hydrogen-bond donors (Lipinski definition) is 0. The van der Waals surface area contributed by atoms with Gasteiger partial charge in [0.15, 0.2) is 0 Å². The van der Waals surface area contributed by atoms with Crippen LogP contribution in [0.3, 0.4) is 0 Å². The van der Waals surface area contributed by atoms with Crippen molar-refractivity contribution in [1.82, 2.24) is 0 Å². The molecule has 3 rings (SSSR count). The average Bonchev–Trinajstić information content (AvgIpc) is 2.74. The number of rotatable bonds is 8. The Hall–Kier alpha value is -2.88. The van der Waals surface area contributed by atoms with E-state index in [-0.39, 0.29) is 5.92 Å². The molecule has 0 saturated heterocycles. The summed E-state index contributed by atoms with van der Waals surface area (Å²) in [6.45, 7) is 3.69. The predicted octanol–water partition coefficient (Wildman–Crippen LogP) is 7.54. The van der Waals surface area contributed by atoms with Gasteiger partial charge in [-0.25, -0.2) is 13.2 Å². The van der Waals surface area contributed by atoms with E-state index in [9.17, 15) is 22.0 Å². The van der Waals surface area contributed by atoms with Gasteiger partial charge in [0.05, 0.1) is 5.56 Å². The second kappa shape index (κ2) is 10.2. The molecule has 0 aliphatic heterocycles. The molecule has 2 aromatic carbocycles. The molecule has 1 saturated carbocycles. The summed E-state index contributed by atoms with van der Waals surface area (Å²) < 4.78 is 75.7. The molecule has 32 heavy (non-hydrogen) atoms. The Morgan fingerprint density at radius 2 is 1.78 bits per heavy atom. The lowest BCUT2D eigenvalue weighted by Crippen LogP contribution is -2.25. The summed E-state index contributed by atoms with van der Waals surface area (Å²) in [4.78, 5) is 0. The van der Waals surface area contributed by atoms with Crippen LogP contribution in [0, 0.1) is 28.9 Å². The van der Waals surface area contributed by atoms with Crippen LogP contribution in [0.4, 0.5) is 22.0 Å². The molecule has 0 bridgehead atoms. The fourth-order valence-electron chi connectivity index (χ4n) is 4.23. The molecule has 7 heteroatoms. The summed E-state index contributed by atoms with van der Waals surface area (Å²) in [5.74, 6) is -3.35. The quantitative estimate of drug-likeness (QED) is 0.237. The highest BCUT2D eigenvalue weighted by molar-refractivity contribution is 5.38. The molecule has 170 valence electrons. The highest BCUT2D eigenvalue weighted by Crippen LogP contribution is 2.41. The van der Waals surface area contributed by atoms with Crippen LogP contribution in [0.25, 0.3) is 0 Å². The van der Waals surface area contributed by atoms with Crippen LogP contribution in [0.1, 0.15) is 61.1 Å². The molecule has 1 fully saturated rings. The van der Waals surface area contributed by atoms with Crippen molar-refractivity contribution in [2.75, 3.05) is 0 Å². The fraction of sp³-hybridized carbons (Fsp3) is 0.400. The maximum atomic E-state index is 14.8. The first kappa shape index (κ1) is 23.8. The third kappa shape index (κ3) is 5.48. The molecule has 2 nitrogen and oxygen atoms in total. The normalized spacial score (nSPS) is 21.1. The molecular weight excluding hydrogens is 425 g/mol. The molecule has 3 unspecified atom stereocenters. The highest BCUT2D eigenvalue weighted by Gasteiger charge is 2.36. The van der Waals surface area contributed by atoms with Crippen LogP contribution in [0.2, 0.25) is 0 Å². The van der Waals surface area contributed by atoms with E-state index in [4.69, 9.17) is 5.26 Å². The number of alkyl halides is 3. The molecule has 1 aliphatic carbocycles. The van der Waals surface area contributed by atoms with Gasteiger partial charge in [-0.1, -0.05) is 24.6 Å². The topological polar surface area (TPSA) is 33.0 Å². The molecule has 0 heterocycles. The first-order chi connectivity index (χ1) is 15.2. The van der Waals surface area contributed by atoms with Crippen molar-refractivity contribution in [3.63, 3.8) is 0 Å². The molecule has 2 aromatic rings. The van der Waals surface area contributed by atoms with Crippen molar-refractivity contribution in [1.29, 1.82) is 5.26 Å². The molecule has 0 radical (unpaired) electrons. The minimum absolute atomic E-state index is 0.325. The molecule has 0 amide bonds. The second-order valence-electron chi connectivity index (χ2n) is 8.14. The molecule has 3 atom stereocenters. The Morgan fingerprint density at radius 1 is 1.12 bits per heavy atom. The zero-order valence-corrected chi connectivity index (χ0v) is 17.5. The highest BCUT2D eigenvalue weighted by atomic mass is 19.3. The molecule has 1 aliphatic rings. The second-order valence-corrected chi connectivity index (χ2v) is 8.14. The first-order valence-electron chi connectivity index (χ1n) is 10.6. The maximum Gasteiger partial charge on any atom is 0.426 e. The lowest BCUT2D eigenvalue weighted by Gasteiger charge is -2.32. The van der Waals surface area contributed by atoms with Crippen molar-refractivity contribution in [2.24, 2.45) is 5.92 Å². The van der Waals surface area contributed by atoms with E-state index in [1.807, 2.05) is 6.08 Å². The minimum atomic E-state index is -3.87. The molecule has 0 aromatic heterocycles. The van der Waals surface area contributed by atoms with Gasteiger partial charge in [-0.05, 0) is 55.7 Å². The third-order valence-corrected chi connectivity index (χ3v) is 5.95. The van der Waals surface area contributed by atoms with Gasteiger partial charge >= 0.3 is 6.11 Å². The first-order valence-corrected chi connectivity index (χ1v) is 10.6. The smallest absolute Gasteiger partial charge is 0.426 e. The number of halogens is 5. The Labute approximate surface area is 184 Å². The van der Waals surface area contributed by atoms with Gasteiger partial charge in [0.1, 0.15) is 35.2 Å². The lowest BCUT2D eigenvalue weighted by atomic mass is 9.75. The van der Waals surface area contributed by atoms with Crippen LogP contribution in [0.5, 0.6) is 5.75 Å². The van der Waals surface area contributed by atoms with E-state index >= 15 is 0 Å².